The fraction of sp³-hybridized carbons (Fsp3) is 0.556. The largest absolute Gasteiger partial charge is 0.480 e. The summed E-state index contributed by atoms with van der Waals surface area (Å²) in [5.74, 6) is -0.687. The Hall–Kier alpha value is -1.88. The molecule has 3 unspecified atom stereocenters. The molecule has 0 spiro atoms. The number of aliphatic carboxylic acids is 1. The Bertz CT molecular complexity index is 600. The van der Waals surface area contributed by atoms with Crippen LogP contribution in [0.5, 0.6) is 0 Å². The summed E-state index contributed by atoms with van der Waals surface area (Å²) in [5.41, 5.74) is 2.28. The molecule has 5 heteroatoms. The van der Waals surface area contributed by atoms with Crippen LogP contribution in [0.3, 0.4) is 0 Å². The molecule has 0 radical (unpaired) electrons. The molecule has 2 heterocycles. The van der Waals surface area contributed by atoms with Crippen LogP contribution in [0.15, 0.2) is 24.3 Å². The van der Waals surface area contributed by atoms with Crippen molar-refractivity contribution >= 4 is 11.9 Å². The van der Waals surface area contributed by atoms with Crippen LogP contribution in [-0.4, -0.2) is 41.1 Å². The van der Waals surface area contributed by atoms with Crippen LogP contribution in [0.4, 0.5) is 0 Å². The van der Waals surface area contributed by atoms with Gasteiger partial charge in [-0.1, -0.05) is 31.2 Å². The molecule has 1 saturated heterocycles. The van der Waals surface area contributed by atoms with E-state index in [1.54, 1.807) is 0 Å². The lowest BCUT2D eigenvalue weighted by Gasteiger charge is -2.37. The molecule has 2 aliphatic heterocycles. The van der Waals surface area contributed by atoms with Gasteiger partial charge in [0.15, 0.2) is 0 Å². The molecule has 3 rings (SSSR count). The van der Waals surface area contributed by atoms with Gasteiger partial charge < -0.3 is 14.7 Å². The minimum Gasteiger partial charge on any atom is -0.480 e. The summed E-state index contributed by atoms with van der Waals surface area (Å²) in [5, 5.41) is 9.41. The van der Waals surface area contributed by atoms with E-state index in [9.17, 15) is 14.7 Å². The maximum Gasteiger partial charge on any atom is 0.326 e. The highest BCUT2D eigenvalue weighted by molar-refractivity contribution is 5.84. The Labute approximate surface area is 136 Å². The van der Waals surface area contributed by atoms with Gasteiger partial charge in [0, 0.05) is 6.54 Å². The van der Waals surface area contributed by atoms with Crippen molar-refractivity contribution in [2.75, 3.05) is 13.2 Å². The van der Waals surface area contributed by atoms with E-state index in [0.717, 1.165) is 18.4 Å². The fourth-order valence-corrected chi connectivity index (χ4v) is 3.60. The van der Waals surface area contributed by atoms with Crippen LogP contribution in [0, 0.1) is 5.92 Å². The van der Waals surface area contributed by atoms with Crippen molar-refractivity contribution in [2.45, 2.75) is 44.8 Å². The molecule has 23 heavy (non-hydrogen) atoms. The SMILES string of the molecule is CC1CCN(C(=O)CC2OCCc3ccccc32)C(C(=O)O)C1. The van der Waals surface area contributed by atoms with Crippen molar-refractivity contribution in [3.8, 4) is 0 Å². The van der Waals surface area contributed by atoms with Gasteiger partial charge in [-0.15, -0.1) is 0 Å². The van der Waals surface area contributed by atoms with Gasteiger partial charge in [-0.3, -0.25) is 4.79 Å². The second-order valence-electron chi connectivity index (χ2n) is 6.58. The first-order valence-corrected chi connectivity index (χ1v) is 8.28. The number of amides is 1. The number of rotatable bonds is 3. The van der Waals surface area contributed by atoms with Gasteiger partial charge in [0.25, 0.3) is 0 Å². The number of likely N-dealkylation sites (tertiary alicyclic amines) is 1. The summed E-state index contributed by atoms with van der Waals surface area (Å²) in [6, 6.07) is 7.31. The van der Waals surface area contributed by atoms with Crippen molar-refractivity contribution in [2.24, 2.45) is 5.92 Å². The highest BCUT2D eigenvalue weighted by atomic mass is 16.5. The Morgan fingerprint density at radius 1 is 1.35 bits per heavy atom. The molecule has 1 N–H and O–H groups in total. The number of fused-ring (bicyclic) bond motifs is 1. The summed E-state index contributed by atoms with van der Waals surface area (Å²) in [6.45, 7) is 3.16. The number of carboxylic acids is 1. The van der Waals surface area contributed by atoms with Crippen molar-refractivity contribution in [1.29, 1.82) is 0 Å². The van der Waals surface area contributed by atoms with Gasteiger partial charge >= 0.3 is 5.97 Å². The van der Waals surface area contributed by atoms with E-state index in [1.165, 1.54) is 10.5 Å². The van der Waals surface area contributed by atoms with Gasteiger partial charge in [-0.05, 0) is 36.3 Å². The number of hydrogen-bond acceptors (Lipinski definition) is 3. The average Bonchev–Trinajstić information content (AvgIpc) is 2.55. The summed E-state index contributed by atoms with van der Waals surface area (Å²) >= 11 is 0. The summed E-state index contributed by atoms with van der Waals surface area (Å²) in [4.78, 5) is 25.7. The third-order valence-electron chi connectivity index (χ3n) is 4.92. The molecule has 0 saturated carbocycles. The third kappa shape index (κ3) is 3.39. The van der Waals surface area contributed by atoms with Gasteiger partial charge in [0.2, 0.25) is 5.91 Å². The van der Waals surface area contributed by atoms with E-state index in [0.29, 0.717) is 25.5 Å². The van der Waals surface area contributed by atoms with Gasteiger partial charge in [0.1, 0.15) is 6.04 Å². The molecule has 1 aromatic carbocycles. The Morgan fingerprint density at radius 2 is 2.13 bits per heavy atom. The summed E-state index contributed by atoms with van der Waals surface area (Å²) in [7, 11) is 0. The van der Waals surface area contributed by atoms with E-state index in [1.807, 2.05) is 25.1 Å². The van der Waals surface area contributed by atoms with Crippen LogP contribution in [0.25, 0.3) is 0 Å². The number of carbonyl (C=O) groups excluding carboxylic acids is 1. The molecule has 0 aromatic heterocycles. The Morgan fingerprint density at radius 3 is 2.91 bits per heavy atom. The number of nitrogens with zero attached hydrogens (tertiary/aromatic N) is 1. The van der Waals surface area contributed by atoms with Crippen molar-refractivity contribution in [3.05, 3.63) is 35.4 Å². The van der Waals surface area contributed by atoms with Crippen molar-refractivity contribution in [3.63, 3.8) is 0 Å². The minimum absolute atomic E-state index is 0.119. The van der Waals surface area contributed by atoms with Crippen molar-refractivity contribution < 1.29 is 19.4 Å². The van der Waals surface area contributed by atoms with E-state index in [-0.39, 0.29) is 18.4 Å². The summed E-state index contributed by atoms with van der Waals surface area (Å²) in [6.07, 6.45) is 2.21. The molecule has 1 amide bonds. The molecule has 0 aliphatic carbocycles. The highest BCUT2D eigenvalue weighted by Gasteiger charge is 2.36. The van der Waals surface area contributed by atoms with Gasteiger partial charge in [-0.25, -0.2) is 4.79 Å². The first-order valence-electron chi connectivity index (χ1n) is 8.28. The quantitative estimate of drug-likeness (QED) is 0.929. The second-order valence-corrected chi connectivity index (χ2v) is 6.58. The molecule has 5 nitrogen and oxygen atoms in total. The maximum atomic E-state index is 12.7. The smallest absolute Gasteiger partial charge is 0.326 e. The number of ether oxygens (including phenoxy) is 1. The number of piperidine rings is 1. The molecule has 1 fully saturated rings. The number of benzene rings is 1. The van der Waals surface area contributed by atoms with Crippen LogP contribution in [-0.2, 0) is 20.7 Å². The van der Waals surface area contributed by atoms with Crippen LogP contribution < -0.4 is 0 Å². The van der Waals surface area contributed by atoms with E-state index in [2.05, 4.69) is 6.07 Å². The zero-order valence-corrected chi connectivity index (χ0v) is 13.4. The lowest BCUT2D eigenvalue weighted by Crippen LogP contribution is -2.50. The fourth-order valence-electron chi connectivity index (χ4n) is 3.60. The van der Waals surface area contributed by atoms with Crippen molar-refractivity contribution in [1.82, 2.24) is 4.90 Å². The van der Waals surface area contributed by atoms with Crippen LogP contribution in [0.2, 0.25) is 0 Å². The first kappa shape index (κ1) is 16.0. The van der Waals surface area contributed by atoms with E-state index in [4.69, 9.17) is 4.74 Å². The van der Waals surface area contributed by atoms with E-state index < -0.39 is 12.0 Å². The average molecular weight is 317 g/mol. The monoisotopic (exact) mass is 317 g/mol. The molecule has 3 atom stereocenters. The standard InChI is InChI=1S/C18H23NO4/c1-12-6-8-19(15(10-12)18(21)22)17(20)11-16-14-5-3-2-4-13(14)7-9-23-16/h2-5,12,15-16H,6-11H2,1H3,(H,21,22). The molecule has 2 aliphatic rings. The lowest BCUT2D eigenvalue weighted by molar-refractivity contribution is -0.154. The second kappa shape index (κ2) is 6.71. The third-order valence-corrected chi connectivity index (χ3v) is 4.92. The number of carbonyl (C=O) groups is 2. The van der Waals surface area contributed by atoms with Gasteiger partial charge in [0.05, 0.1) is 19.1 Å². The molecule has 124 valence electrons. The Kier molecular flexibility index (Phi) is 4.66. The molecule has 0 bridgehead atoms. The normalized spacial score (nSPS) is 27.3. The maximum absolute atomic E-state index is 12.7. The molecule has 1 aromatic rings. The molecular formula is C18H23NO4. The van der Waals surface area contributed by atoms with Crippen LogP contribution >= 0.6 is 0 Å². The van der Waals surface area contributed by atoms with Gasteiger partial charge in [-0.2, -0.15) is 0 Å². The topological polar surface area (TPSA) is 66.8 Å². The highest BCUT2D eigenvalue weighted by Crippen LogP contribution is 2.31. The number of carboxylic acid groups (broad SMARTS) is 1. The predicted molar refractivity (Wildman–Crippen MR) is 85.0 cm³/mol. The first-order chi connectivity index (χ1) is 11.1. The van der Waals surface area contributed by atoms with E-state index >= 15 is 0 Å². The predicted octanol–water partition coefficient (Wildman–Crippen LogP) is 2.40. The van der Waals surface area contributed by atoms with Crippen LogP contribution in [0.1, 0.15) is 43.4 Å². The zero-order chi connectivity index (χ0) is 16.4. The Balaban J connectivity index is 1.73. The molecular weight excluding hydrogens is 294 g/mol. The minimum atomic E-state index is -0.908. The zero-order valence-electron chi connectivity index (χ0n) is 13.4. The lowest BCUT2D eigenvalue weighted by atomic mass is 9.91. The number of hydrogen-bond donors (Lipinski definition) is 1. The summed E-state index contributed by atoms with van der Waals surface area (Å²) < 4.78 is 5.79.